The summed E-state index contributed by atoms with van der Waals surface area (Å²) < 4.78 is 17.8. The lowest BCUT2D eigenvalue weighted by atomic mass is 9.84. The number of ether oxygens (including phenoxy) is 1. The van der Waals surface area contributed by atoms with Gasteiger partial charge in [0.2, 0.25) is 0 Å². The first-order valence-electron chi connectivity index (χ1n) is 5.40. The van der Waals surface area contributed by atoms with Crippen LogP contribution in [0.4, 0.5) is 4.39 Å². The molecule has 1 fully saturated rings. The van der Waals surface area contributed by atoms with E-state index in [1.807, 2.05) is 20.8 Å². The maximum atomic E-state index is 12.4. The first-order chi connectivity index (χ1) is 6.90. The van der Waals surface area contributed by atoms with Crippen molar-refractivity contribution in [3.8, 4) is 0 Å². The minimum Gasteiger partial charge on any atom is -0.460 e. The molecular formula is C11H20FNO2. The number of esters is 1. The molecule has 0 amide bonds. The molecule has 0 spiro atoms. The molecular weight excluding hydrogens is 197 g/mol. The Morgan fingerprint density at radius 1 is 1.53 bits per heavy atom. The number of hydrogen-bond acceptors (Lipinski definition) is 3. The van der Waals surface area contributed by atoms with Crippen LogP contribution < -0.4 is 5.32 Å². The van der Waals surface area contributed by atoms with Crippen molar-refractivity contribution in [3.05, 3.63) is 0 Å². The number of rotatable bonds is 3. The van der Waals surface area contributed by atoms with Crippen molar-refractivity contribution in [2.75, 3.05) is 19.8 Å². The lowest BCUT2D eigenvalue weighted by Gasteiger charge is -2.29. The Bertz CT molecular complexity index is 229. The van der Waals surface area contributed by atoms with Gasteiger partial charge < -0.3 is 10.1 Å². The smallest absolute Gasteiger partial charge is 0.314 e. The number of alkyl halides is 1. The van der Waals surface area contributed by atoms with Gasteiger partial charge >= 0.3 is 5.97 Å². The molecule has 1 atom stereocenters. The van der Waals surface area contributed by atoms with Gasteiger partial charge in [-0.25, -0.2) is 0 Å². The predicted molar refractivity (Wildman–Crippen MR) is 56.4 cm³/mol. The normalized spacial score (nSPS) is 26.7. The minimum atomic E-state index is -0.637. The van der Waals surface area contributed by atoms with E-state index in [9.17, 15) is 9.18 Å². The average Bonchev–Trinajstić information content (AvgIpc) is 2.51. The van der Waals surface area contributed by atoms with Gasteiger partial charge in [-0.2, -0.15) is 0 Å². The largest absolute Gasteiger partial charge is 0.460 e. The number of halogens is 1. The van der Waals surface area contributed by atoms with Gasteiger partial charge in [0.1, 0.15) is 5.60 Å². The van der Waals surface area contributed by atoms with Gasteiger partial charge in [0, 0.05) is 6.54 Å². The Balaban J connectivity index is 2.68. The lowest BCUT2D eigenvalue weighted by molar-refractivity contribution is -0.167. The van der Waals surface area contributed by atoms with Gasteiger partial charge in [0.15, 0.2) is 0 Å². The van der Waals surface area contributed by atoms with Crippen molar-refractivity contribution in [1.82, 2.24) is 5.32 Å². The molecule has 15 heavy (non-hydrogen) atoms. The molecule has 88 valence electrons. The molecule has 0 bridgehead atoms. The van der Waals surface area contributed by atoms with Crippen LogP contribution in [0.1, 0.15) is 33.6 Å². The molecule has 4 heteroatoms. The molecule has 0 saturated carbocycles. The van der Waals surface area contributed by atoms with Gasteiger partial charge in [-0.3, -0.25) is 9.18 Å². The third-order valence-electron chi connectivity index (χ3n) is 2.65. The Labute approximate surface area is 90.4 Å². The molecule has 1 unspecified atom stereocenters. The summed E-state index contributed by atoms with van der Waals surface area (Å²) in [5, 5.41) is 3.10. The quantitative estimate of drug-likeness (QED) is 0.731. The second-order valence-electron chi connectivity index (χ2n) is 5.15. The van der Waals surface area contributed by atoms with Crippen LogP contribution in [0.3, 0.4) is 0 Å². The van der Waals surface area contributed by atoms with Gasteiger partial charge in [0.05, 0.1) is 12.1 Å². The van der Waals surface area contributed by atoms with Crippen molar-refractivity contribution in [2.45, 2.75) is 39.2 Å². The number of carbonyl (C=O) groups excluding carboxylic acids is 1. The van der Waals surface area contributed by atoms with Crippen molar-refractivity contribution in [2.24, 2.45) is 5.41 Å². The van der Waals surface area contributed by atoms with Gasteiger partial charge in [-0.05, 0) is 40.2 Å². The summed E-state index contributed by atoms with van der Waals surface area (Å²) in [4.78, 5) is 11.9. The fourth-order valence-electron chi connectivity index (χ4n) is 1.80. The first kappa shape index (κ1) is 12.4. The fraction of sp³-hybridized carbons (Fsp3) is 0.909. The van der Waals surface area contributed by atoms with Crippen LogP contribution in [0, 0.1) is 5.41 Å². The highest BCUT2D eigenvalue weighted by Crippen LogP contribution is 2.32. The van der Waals surface area contributed by atoms with E-state index in [1.165, 1.54) is 0 Å². The summed E-state index contributed by atoms with van der Waals surface area (Å²) in [5.74, 6) is -0.266. The fourth-order valence-corrected chi connectivity index (χ4v) is 1.80. The zero-order chi connectivity index (χ0) is 11.5. The SMILES string of the molecule is CC(C)(C)OC(=O)C1(CCF)CCNC1. The number of nitrogens with one attached hydrogen (secondary N) is 1. The lowest BCUT2D eigenvalue weighted by Crippen LogP contribution is -2.39. The summed E-state index contributed by atoms with van der Waals surface area (Å²) in [6.45, 7) is 6.31. The summed E-state index contributed by atoms with van der Waals surface area (Å²) in [7, 11) is 0. The van der Waals surface area contributed by atoms with Crippen LogP contribution in [0.2, 0.25) is 0 Å². The number of hydrogen-bond donors (Lipinski definition) is 1. The van der Waals surface area contributed by atoms with E-state index in [-0.39, 0.29) is 12.4 Å². The van der Waals surface area contributed by atoms with E-state index >= 15 is 0 Å². The standard InChI is InChI=1S/C11H20FNO2/c1-10(2,3)15-9(14)11(4-6-12)5-7-13-8-11/h13H,4-8H2,1-3H3. The van der Waals surface area contributed by atoms with E-state index in [0.717, 1.165) is 6.54 Å². The second kappa shape index (κ2) is 4.47. The summed E-state index contributed by atoms with van der Waals surface area (Å²) in [6, 6.07) is 0. The highest BCUT2D eigenvalue weighted by atomic mass is 19.1. The second-order valence-corrected chi connectivity index (χ2v) is 5.15. The topological polar surface area (TPSA) is 38.3 Å². The summed E-state index contributed by atoms with van der Waals surface area (Å²) >= 11 is 0. The predicted octanol–water partition coefficient (Wildman–Crippen LogP) is 1.67. The minimum absolute atomic E-state index is 0.259. The van der Waals surface area contributed by atoms with Crippen LogP contribution >= 0.6 is 0 Å². The van der Waals surface area contributed by atoms with Gasteiger partial charge in [-0.15, -0.1) is 0 Å². The molecule has 1 N–H and O–H groups in total. The summed E-state index contributed by atoms with van der Waals surface area (Å²) in [6.07, 6.45) is 0.931. The first-order valence-corrected chi connectivity index (χ1v) is 5.40. The van der Waals surface area contributed by atoms with Crippen LogP contribution in [-0.4, -0.2) is 31.3 Å². The van der Waals surface area contributed by atoms with Gasteiger partial charge in [-0.1, -0.05) is 0 Å². The summed E-state index contributed by atoms with van der Waals surface area (Å²) in [5.41, 5.74) is -1.13. The molecule has 0 aromatic rings. The van der Waals surface area contributed by atoms with E-state index in [2.05, 4.69) is 5.32 Å². The molecule has 1 aliphatic heterocycles. The van der Waals surface area contributed by atoms with Crippen molar-refractivity contribution < 1.29 is 13.9 Å². The average molecular weight is 217 g/mol. The molecule has 3 nitrogen and oxygen atoms in total. The number of carbonyl (C=O) groups is 1. The third-order valence-corrected chi connectivity index (χ3v) is 2.65. The Morgan fingerprint density at radius 3 is 2.60 bits per heavy atom. The van der Waals surface area contributed by atoms with Crippen LogP contribution in [-0.2, 0) is 9.53 Å². The zero-order valence-electron chi connectivity index (χ0n) is 9.73. The van der Waals surface area contributed by atoms with E-state index in [1.54, 1.807) is 0 Å². The van der Waals surface area contributed by atoms with Crippen LogP contribution in [0.25, 0.3) is 0 Å². The van der Waals surface area contributed by atoms with Crippen LogP contribution in [0.15, 0.2) is 0 Å². The molecule has 0 radical (unpaired) electrons. The molecule has 1 aliphatic rings. The van der Waals surface area contributed by atoms with Crippen LogP contribution in [0.5, 0.6) is 0 Å². The molecule has 0 aliphatic carbocycles. The van der Waals surface area contributed by atoms with Crippen molar-refractivity contribution >= 4 is 5.97 Å². The Hall–Kier alpha value is -0.640. The highest BCUT2D eigenvalue weighted by molar-refractivity contribution is 5.78. The Kier molecular flexibility index (Phi) is 3.71. The van der Waals surface area contributed by atoms with E-state index in [4.69, 9.17) is 4.74 Å². The third kappa shape index (κ3) is 3.16. The Morgan fingerprint density at radius 2 is 2.20 bits per heavy atom. The van der Waals surface area contributed by atoms with Crippen molar-refractivity contribution in [1.29, 1.82) is 0 Å². The molecule has 1 saturated heterocycles. The van der Waals surface area contributed by atoms with E-state index in [0.29, 0.717) is 13.0 Å². The molecule has 1 heterocycles. The molecule has 1 rings (SSSR count). The maximum absolute atomic E-state index is 12.4. The molecule has 0 aromatic carbocycles. The monoisotopic (exact) mass is 217 g/mol. The van der Waals surface area contributed by atoms with Crippen molar-refractivity contribution in [3.63, 3.8) is 0 Å². The van der Waals surface area contributed by atoms with Gasteiger partial charge in [0.25, 0.3) is 0 Å². The maximum Gasteiger partial charge on any atom is 0.314 e. The van der Waals surface area contributed by atoms with E-state index < -0.39 is 17.7 Å². The molecule has 0 aromatic heterocycles. The highest BCUT2D eigenvalue weighted by Gasteiger charge is 2.43. The zero-order valence-corrected chi connectivity index (χ0v) is 9.73.